The molecule has 0 radical (unpaired) electrons. The summed E-state index contributed by atoms with van der Waals surface area (Å²) in [6.45, 7) is 13.1. The van der Waals surface area contributed by atoms with Crippen molar-refractivity contribution < 1.29 is 4.21 Å². The van der Waals surface area contributed by atoms with Crippen LogP contribution >= 0.6 is 7.92 Å². The van der Waals surface area contributed by atoms with E-state index in [2.05, 4.69) is 101 Å². The van der Waals surface area contributed by atoms with Crippen LogP contribution in [0.2, 0.25) is 0 Å². The molecule has 4 rings (SSSR count). The largest absolute Gasteiger partial charge is 0.242 e. The van der Waals surface area contributed by atoms with Crippen LogP contribution in [0.1, 0.15) is 128 Å². The van der Waals surface area contributed by atoms with Crippen LogP contribution in [0.5, 0.6) is 0 Å². The van der Waals surface area contributed by atoms with Crippen molar-refractivity contribution in [3.63, 3.8) is 0 Å². The summed E-state index contributed by atoms with van der Waals surface area (Å²) in [6, 6.07) is 18.5. The molecule has 0 N–H and O–H groups in total. The molecule has 2 atom stereocenters. The van der Waals surface area contributed by atoms with E-state index in [-0.39, 0.29) is 24.1 Å². The Morgan fingerprint density at radius 2 is 1.26 bits per heavy atom. The zero-order valence-electron chi connectivity index (χ0n) is 25.1. The van der Waals surface area contributed by atoms with E-state index in [0.717, 1.165) is 11.3 Å². The molecule has 2 aliphatic rings. The van der Waals surface area contributed by atoms with E-state index < -0.39 is 11.0 Å². The van der Waals surface area contributed by atoms with E-state index in [1.165, 1.54) is 80.9 Å². The Morgan fingerprint density at radius 3 is 1.74 bits per heavy atom. The lowest BCUT2D eigenvalue weighted by molar-refractivity contribution is 0.440. The van der Waals surface area contributed by atoms with Crippen molar-refractivity contribution in [2.75, 3.05) is 7.05 Å². The van der Waals surface area contributed by atoms with Gasteiger partial charge in [0.2, 0.25) is 0 Å². The summed E-state index contributed by atoms with van der Waals surface area (Å²) >= 11 is 0. The van der Waals surface area contributed by atoms with Crippen LogP contribution in [-0.2, 0) is 16.4 Å². The van der Waals surface area contributed by atoms with E-state index in [1.54, 1.807) is 5.30 Å². The van der Waals surface area contributed by atoms with Gasteiger partial charge in [-0.25, -0.2) is 8.51 Å². The second kappa shape index (κ2) is 12.7. The van der Waals surface area contributed by atoms with Gasteiger partial charge in [0.05, 0.1) is 10.8 Å². The maximum atomic E-state index is 13.9. The minimum absolute atomic E-state index is 0.0162. The summed E-state index contributed by atoms with van der Waals surface area (Å²) in [4.78, 5) is 0. The Morgan fingerprint density at radius 1 is 0.763 bits per heavy atom. The van der Waals surface area contributed by atoms with Crippen LogP contribution in [0.25, 0.3) is 0 Å². The number of benzene rings is 2. The molecule has 210 valence electrons. The highest BCUT2D eigenvalue weighted by molar-refractivity contribution is 7.84. The highest BCUT2D eigenvalue weighted by atomic mass is 32.2. The Balaban J connectivity index is 1.84. The van der Waals surface area contributed by atoms with Crippen molar-refractivity contribution in [2.45, 2.75) is 133 Å². The summed E-state index contributed by atoms with van der Waals surface area (Å²) in [6.07, 6.45) is 14.0. The first-order valence-electron chi connectivity index (χ1n) is 15.1. The summed E-state index contributed by atoms with van der Waals surface area (Å²) in [7, 11) is 0.703. The Bertz CT molecular complexity index is 1040. The third-order valence-corrected chi connectivity index (χ3v) is 14.0. The first-order valence-corrected chi connectivity index (χ1v) is 17.7. The highest BCUT2D eigenvalue weighted by Crippen LogP contribution is 2.56. The van der Waals surface area contributed by atoms with Gasteiger partial charge < -0.3 is 0 Å². The fraction of sp³-hybridized carbons (Fsp3) is 0.647. The molecule has 38 heavy (non-hydrogen) atoms. The first-order chi connectivity index (χ1) is 18.0. The third-order valence-electron chi connectivity index (χ3n) is 8.69. The summed E-state index contributed by atoms with van der Waals surface area (Å²) in [5.41, 5.74) is 5.80. The van der Waals surface area contributed by atoms with Gasteiger partial charge in [-0.3, -0.25) is 0 Å². The second-order valence-corrected chi connectivity index (χ2v) is 18.8. The van der Waals surface area contributed by atoms with Gasteiger partial charge in [0.25, 0.3) is 0 Å². The molecule has 2 aromatic rings. The van der Waals surface area contributed by atoms with Crippen LogP contribution in [0.15, 0.2) is 48.5 Å². The Kier molecular flexibility index (Phi) is 9.97. The van der Waals surface area contributed by atoms with E-state index >= 15 is 0 Å². The first kappa shape index (κ1) is 30.0. The predicted molar refractivity (Wildman–Crippen MR) is 169 cm³/mol. The molecule has 1 unspecified atom stereocenters. The lowest BCUT2D eigenvalue weighted by Crippen LogP contribution is -2.39. The van der Waals surface area contributed by atoms with Crippen LogP contribution in [0, 0.1) is 0 Å². The molecule has 2 nitrogen and oxygen atoms in total. The van der Waals surface area contributed by atoms with Gasteiger partial charge in [-0.2, -0.15) is 0 Å². The van der Waals surface area contributed by atoms with E-state index in [0.29, 0.717) is 0 Å². The van der Waals surface area contributed by atoms with Gasteiger partial charge in [0.1, 0.15) is 11.0 Å². The summed E-state index contributed by atoms with van der Waals surface area (Å²) in [5.74, 6) is 0. The van der Waals surface area contributed by atoms with Crippen LogP contribution < -0.4 is 5.30 Å². The van der Waals surface area contributed by atoms with Crippen molar-refractivity contribution in [3.8, 4) is 0 Å². The quantitative estimate of drug-likeness (QED) is 0.313. The molecular formula is C34H52NOPS. The molecular weight excluding hydrogens is 501 g/mol. The number of hydrogen-bond acceptors (Lipinski definition) is 1. The molecule has 2 aromatic carbocycles. The molecule has 2 saturated carbocycles. The molecule has 0 spiro atoms. The molecule has 2 fully saturated rings. The normalized spacial score (nSPS) is 20.1. The maximum absolute atomic E-state index is 13.9. The number of hydrogen-bond donors (Lipinski definition) is 0. The topological polar surface area (TPSA) is 20.3 Å². The number of rotatable bonds is 7. The Labute approximate surface area is 237 Å². The van der Waals surface area contributed by atoms with E-state index in [9.17, 15) is 4.21 Å². The van der Waals surface area contributed by atoms with Crippen molar-refractivity contribution in [3.05, 3.63) is 65.2 Å². The molecule has 0 heterocycles. The van der Waals surface area contributed by atoms with Crippen LogP contribution in [0.3, 0.4) is 0 Å². The molecule has 0 aliphatic heterocycles. The monoisotopic (exact) mass is 553 g/mol. The number of nitrogens with zero attached hydrogens (tertiary/aromatic N) is 1. The van der Waals surface area contributed by atoms with Gasteiger partial charge in [0.15, 0.2) is 0 Å². The second-order valence-electron chi connectivity index (χ2n) is 13.7. The smallest absolute Gasteiger partial charge is 0.100 e. The van der Waals surface area contributed by atoms with Crippen molar-refractivity contribution >= 4 is 24.2 Å². The van der Waals surface area contributed by atoms with E-state index in [1.807, 2.05) is 0 Å². The average molecular weight is 554 g/mol. The molecule has 0 saturated heterocycles. The molecule has 0 bridgehead atoms. The lowest BCUT2D eigenvalue weighted by atomic mass is 9.86. The molecule has 0 amide bonds. The minimum Gasteiger partial charge on any atom is -0.242 e. The zero-order chi connectivity index (χ0) is 27.5. The lowest BCUT2D eigenvalue weighted by Gasteiger charge is -2.41. The van der Waals surface area contributed by atoms with Gasteiger partial charge in [-0.1, -0.05) is 116 Å². The standard InChI is InChI=1S/C34H52NOPS/c1-33(2,3)27-24-22-26(23-25-27)32(35(7)38(36)34(4,5)6)30-20-14-15-21-31(30)37(28-16-10-8-11-17-28)29-18-12-9-13-19-29/h14-15,20-25,28-29,32H,8-13,16-19H2,1-7H3/t32?,38-/m1/s1. The van der Waals surface area contributed by atoms with Crippen LogP contribution in [0.4, 0.5) is 0 Å². The zero-order valence-corrected chi connectivity index (χ0v) is 26.8. The maximum Gasteiger partial charge on any atom is 0.100 e. The third kappa shape index (κ3) is 7.00. The van der Waals surface area contributed by atoms with Crippen molar-refractivity contribution in [1.29, 1.82) is 0 Å². The van der Waals surface area contributed by atoms with Crippen molar-refractivity contribution in [2.24, 2.45) is 0 Å². The highest BCUT2D eigenvalue weighted by Gasteiger charge is 2.37. The fourth-order valence-electron chi connectivity index (χ4n) is 6.64. The minimum atomic E-state index is -1.13. The van der Waals surface area contributed by atoms with Crippen LogP contribution in [-0.4, -0.2) is 31.6 Å². The SMILES string of the molecule is CN(C(c1ccc(C(C)(C)C)cc1)c1ccccc1P(C1CCCCC1)C1CCCCC1)[S@](=O)C(C)(C)C. The van der Waals surface area contributed by atoms with E-state index in [4.69, 9.17) is 0 Å². The predicted octanol–water partition coefficient (Wildman–Crippen LogP) is 9.24. The van der Waals surface area contributed by atoms with Crippen molar-refractivity contribution in [1.82, 2.24) is 4.31 Å². The van der Waals surface area contributed by atoms with Gasteiger partial charge in [-0.05, 0) is 85.2 Å². The molecule has 2 aliphatic carbocycles. The molecule has 0 aromatic heterocycles. The average Bonchev–Trinajstić information content (AvgIpc) is 2.90. The Hall–Kier alpha value is -1.02. The van der Waals surface area contributed by atoms with Gasteiger partial charge in [0, 0.05) is 7.05 Å². The summed E-state index contributed by atoms with van der Waals surface area (Å²) < 4.78 is 15.8. The fourth-order valence-corrected chi connectivity index (χ4v) is 11.9. The van der Waals surface area contributed by atoms with Gasteiger partial charge in [-0.15, -0.1) is 0 Å². The molecule has 4 heteroatoms. The van der Waals surface area contributed by atoms with Gasteiger partial charge >= 0.3 is 0 Å². The summed E-state index contributed by atoms with van der Waals surface area (Å²) in [5, 5.41) is 1.60.